The summed E-state index contributed by atoms with van der Waals surface area (Å²) in [5, 5.41) is 43.3. The Kier molecular flexibility index (Phi) is 9.94. The summed E-state index contributed by atoms with van der Waals surface area (Å²) in [6, 6.07) is 12.0. The van der Waals surface area contributed by atoms with E-state index in [0.29, 0.717) is 17.1 Å². The van der Waals surface area contributed by atoms with Crippen LogP contribution < -0.4 is 31.1 Å². The van der Waals surface area contributed by atoms with E-state index in [4.69, 9.17) is 25.4 Å². The van der Waals surface area contributed by atoms with Crippen molar-refractivity contribution in [2.75, 3.05) is 32.0 Å². The van der Waals surface area contributed by atoms with E-state index in [0.717, 1.165) is 42.8 Å². The van der Waals surface area contributed by atoms with Gasteiger partial charge in [-0.3, -0.25) is 10.2 Å². The van der Waals surface area contributed by atoms with Crippen LogP contribution in [0.5, 0.6) is 11.5 Å². The molecule has 230 valence electrons. The van der Waals surface area contributed by atoms with Crippen molar-refractivity contribution in [1.29, 1.82) is 5.41 Å². The number of nitrogens with zero attached hydrogens (tertiary/aromatic N) is 2. The van der Waals surface area contributed by atoms with Gasteiger partial charge in [0.15, 0.2) is 17.5 Å². The van der Waals surface area contributed by atoms with Gasteiger partial charge < -0.3 is 46.0 Å². The maximum absolute atomic E-state index is 13.2. The normalized spacial score (nSPS) is 16.8. The lowest BCUT2D eigenvalue weighted by Crippen LogP contribution is -2.54. The Hall–Kier alpha value is -4.67. The molecule has 0 aliphatic carbocycles. The molecule has 0 spiro atoms. The molecule has 0 saturated carbocycles. The van der Waals surface area contributed by atoms with E-state index < -0.39 is 24.9 Å². The number of carboxylic acid groups (broad SMARTS) is 1. The zero-order valence-corrected chi connectivity index (χ0v) is 24.4. The minimum Gasteiger partial charge on any atom is -0.534 e. The van der Waals surface area contributed by atoms with Crippen LogP contribution in [-0.2, 0) is 16.1 Å². The molecule has 16 heteroatoms. The van der Waals surface area contributed by atoms with Crippen LogP contribution in [-0.4, -0.2) is 83.9 Å². The summed E-state index contributed by atoms with van der Waals surface area (Å²) in [6.45, 7) is 2.02. The van der Waals surface area contributed by atoms with Gasteiger partial charge >= 0.3 is 13.1 Å². The van der Waals surface area contributed by atoms with Gasteiger partial charge in [-0.15, -0.1) is 11.3 Å². The second-order valence-corrected chi connectivity index (χ2v) is 11.0. The van der Waals surface area contributed by atoms with E-state index in [1.54, 1.807) is 29.6 Å². The molecule has 8 N–H and O–H groups in total. The number of thiazole rings is 1. The number of carbonyl (C=O) groups is 2. The maximum atomic E-state index is 13.2. The van der Waals surface area contributed by atoms with Gasteiger partial charge in [-0.2, -0.15) is 0 Å². The summed E-state index contributed by atoms with van der Waals surface area (Å²) in [5.41, 5.74) is 6.98. The number of nitrogen functional groups attached to an aromatic ring is 1. The number of piperidine rings is 1. The Morgan fingerprint density at radius 2 is 1.95 bits per heavy atom. The Morgan fingerprint density at radius 3 is 2.66 bits per heavy atom. The number of aromatic nitrogens is 1. The van der Waals surface area contributed by atoms with Crippen molar-refractivity contribution in [3.05, 3.63) is 70.2 Å². The van der Waals surface area contributed by atoms with Crippen LogP contribution in [0.3, 0.4) is 0 Å². The van der Waals surface area contributed by atoms with E-state index in [9.17, 15) is 19.7 Å². The molecule has 1 aromatic heterocycles. The predicted molar refractivity (Wildman–Crippen MR) is 164 cm³/mol. The van der Waals surface area contributed by atoms with Crippen LogP contribution >= 0.6 is 11.3 Å². The number of benzene rings is 2. The molecule has 44 heavy (non-hydrogen) atoms. The monoisotopic (exact) mass is 621 g/mol. The second kappa shape index (κ2) is 14.2. The molecule has 2 aromatic carbocycles. The number of aromatic carboxylic acids is 1. The minimum atomic E-state index is -1.50. The van der Waals surface area contributed by atoms with E-state index in [1.165, 1.54) is 6.07 Å². The van der Waals surface area contributed by atoms with Crippen molar-refractivity contribution < 1.29 is 33.9 Å². The Labute approximate surface area is 257 Å². The number of carbonyl (C=O) groups excluding carboxylic acids is 1. The Bertz CT molecular complexity index is 1530. The molecule has 3 aromatic rings. The first-order valence-corrected chi connectivity index (χ1v) is 14.9. The molecule has 1 saturated heterocycles. The van der Waals surface area contributed by atoms with Crippen molar-refractivity contribution in [3.63, 3.8) is 0 Å². The number of carboxylic acids is 1. The highest BCUT2D eigenvalue weighted by atomic mass is 32.1. The number of oxime groups is 1. The summed E-state index contributed by atoms with van der Waals surface area (Å²) in [4.78, 5) is 34.3. The van der Waals surface area contributed by atoms with Gasteiger partial charge in [0, 0.05) is 17.0 Å². The van der Waals surface area contributed by atoms with Crippen LogP contribution in [0.25, 0.3) is 0 Å². The SMILES string of the molecule is N=C(NC1CCNCC1)c1ccc(OCCON=C(C(=O)NC2Cc3cccc(C(=O)O)c3OB2O)c2csc(N)n2)cc1. The van der Waals surface area contributed by atoms with Crippen molar-refractivity contribution >= 4 is 47.0 Å². The molecule has 1 unspecified atom stereocenters. The van der Waals surface area contributed by atoms with Gasteiger partial charge in [-0.1, -0.05) is 17.3 Å². The fraction of sp³-hybridized carbons (Fsp3) is 0.321. The van der Waals surface area contributed by atoms with Crippen LogP contribution in [0.4, 0.5) is 5.13 Å². The molecule has 2 aliphatic heterocycles. The third kappa shape index (κ3) is 7.64. The van der Waals surface area contributed by atoms with Gasteiger partial charge in [0.1, 0.15) is 29.6 Å². The largest absolute Gasteiger partial charge is 0.547 e. The van der Waals surface area contributed by atoms with Gasteiger partial charge in [0.05, 0.1) is 11.5 Å². The molecule has 5 rings (SSSR count). The zero-order valence-electron chi connectivity index (χ0n) is 23.6. The van der Waals surface area contributed by atoms with Gasteiger partial charge in [0.2, 0.25) is 0 Å². The Morgan fingerprint density at radius 1 is 1.18 bits per heavy atom. The van der Waals surface area contributed by atoms with Crippen molar-refractivity contribution in [3.8, 4) is 11.5 Å². The molecule has 14 nitrogen and oxygen atoms in total. The van der Waals surface area contributed by atoms with Crippen LogP contribution in [0, 0.1) is 5.41 Å². The topological polar surface area (TPSA) is 214 Å². The smallest absolute Gasteiger partial charge is 0.534 e. The van der Waals surface area contributed by atoms with Crippen molar-refractivity contribution in [1.82, 2.24) is 20.9 Å². The number of amidine groups is 1. The molecule has 2 aliphatic rings. The molecule has 1 amide bonds. The molecule has 0 radical (unpaired) electrons. The average Bonchev–Trinajstić information content (AvgIpc) is 3.45. The lowest BCUT2D eigenvalue weighted by atomic mass is 9.72. The van der Waals surface area contributed by atoms with Crippen molar-refractivity contribution in [2.45, 2.75) is 31.2 Å². The van der Waals surface area contributed by atoms with E-state index >= 15 is 0 Å². The lowest BCUT2D eigenvalue weighted by Gasteiger charge is -2.28. The number of hydrogen-bond donors (Lipinski definition) is 7. The quantitative estimate of drug-likeness (QED) is 0.0528. The highest BCUT2D eigenvalue weighted by molar-refractivity contribution is 7.13. The summed E-state index contributed by atoms with van der Waals surface area (Å²) in [6.07, 6.45) is 2.08. The number of nitrogens with one attached hydrogen (secondary N) is 4. The summed E-state index contributed by atoms with van der Waals surface area (Å²) < 4.78 is 11.2. The number of amides is 1. The van der Waals surface area contributed by atoms with Gasteiger partial charge in [-0.05, 0) is 68.2 Å². The summed E-state index contributed by atoms with van der Waals surface area (Å²) >= 11 is 1.12. The van der Waals surface area contributed by atoms with E-state index in [1.807, 2.05) is 12.1 Å². The van der Waals surface area contributed by atoms with Crippen LogP contribution in [0.1, 0.15) is 40.0 Å². The fourth-order valence-electron chi connectivity index (χ4n) is 4.83. The van der Waals surface area contributed by atoms with E-state index in [-0.39, 0.29) is 53.5 Å². The summed E-state index contributed by atoms with van der Waals surface area (Å²) in [5.74, 6) is -1.77. The number of rotatable bonds is 11. The minimum absolute atomic E-state index is 0.00570. The van der Waals surface area contributed by atoms with Crippen LogP contribution in [0.15, 0.2) is 53.0 Å². The highest BCUT2D eigenvalue weighted by Crippen LogP contribution is 2.30. The van der Waals surface area contributed by atoms with Crippen molar-refractivity contribution in [2.24, 2.45) is 5.16 Å². The number of para-hydroxylation sites is 1. The first-order chi connectivity index (χ1) is 21.3. The van der Waals surface area contributed by atoms with Crippen LogP contribution in [0.2, 0.25) is 0 Å². The predicted octanol–water partition coefficient (Wildman–Crippen LogP) is 1.03. The second-order valence-electron chi connectivity index (χ2n) is 10.2. The van der Waals surface area contributed by atoms with Gasteiger partial charge in [-0.25, -0.2) is 9.78 Å². The molecular weight excluding hydrogens is 589 g/mol. The fourth-order valence-corrected chi connectivity index (χ4v) is 5.38. The first kappa shape index (κ1) is 30.8. The average molecular weight is 621 g/mol. The number of hydrogen-bond acceptors (Lipinski definition) is 12. The zero-order chi connectivity index (χ0) is 31.1. The lowest BCUT2D eigenvalue weighted by molar-refractivity contribution is -0.115. The Balaban J connectivity index is 1.16. The van der Waals surface area contributed by atoms with Gasteiger partial charge in [0.25, 0.3) is 5.91 Å². The molecule has 1 atom stereocenters. The molecular formula is C28H32BN7O7S. The van der Waals surface area contributed by atoms with E-state index in [2.05, 4.69) is 26.1 Å². The highest BCUT2D eigenvalue weighted by Gasteiger charge is 2.38. The third-order valence-electron chi connectivity index (χ3n) is 7.08. The number of fused-ring (bicyclic) bond motifs is 1. The molecule has 0 bridgehead atoms. The molecule has 3 heterocycles. The standard InChI is InChI=1S/C28H32BN7O7S/c30-25(33-18-8-10-32-11-9-18)16-4-6-19(7-5-16)41-12-13-42-36-23(21-15-44-28(31)34-21)26(37)35-22-14-17-2-1-3-20(27(38)39)24(17)43-29(22)40/h1-7,15,18,22,32,40H,8-14H2,(H2,30,33)(H2,31,34)(H,35,37)(H,38,39). The molecule has 1 fully saturated rings. The first-order valence-electron chi connectivity index (χ1n) is 14.0. The third-order valence-corrected chi connectivity index (χ3v) is 7.75. The maximum Gasteiger partial charge on any atom is 0.547 e. The number of nitrogens with two attached hydrogens (primary N) is 1. The summed E-state index contributed by atoms with van der Waals surface area (Å²) in [7, 11) is -1.50. The number of ether oxygens (including phenoxy) is 1. The number of anilines is 1.